The normalized spacial score (nSPS) is 12.0. The quantitative estimate of drug-likeness (QED) is 0.867. The van der Waals surface area contributed by atoms with Crippen molar-refractivity contribution in [2.75, 3.05) is 12.8 Å². The van der Waals surface area contributed by atoms with Crippen molar-refractivity contribution in [1.82, 2.24) is 9.46 Å². The zero-order chi connectivity index (χ0) is 14.9. The van der Waals surface area contributed by atoms with E-state index in [9.17, 15) is 8.42 Å². The zero-order valence-corrected chi connectivity index (χ0v) is 12.4. The number of hydrogen-bond donors (Lipinski definition) is 1. The van der Waals surface area contributed by atoms with E-state index in [1.165, 1.54) is 17.4 Å². The molecule has 0 radical (unpaired) electrons. The van der Waals surface area contributed by atoms with Gasteiger partial charge in [0, 0.05) is 18.8 Å². The molecule has 1 aromatic carbocycles. The van der Waals surface area contributed by atoms with Crippen molar-refractivity contribution in [2.45, 2.75) is 25.3 Å². The van der Waals surface area contributed by atoms with E-state index < -0.39 is 10.0 Å². The van der Waals surface area contributed by atoms with Gasteiger partial charge in [-0.25, -0.2) is 8.42 Å². The summed E-state index contributed by atoms with van der Waals surface area (Å²) in [6.45, 7) is 3.73. The highest BCUT2D eigenvalue weighted by atomic mass is 32.2. The summed E-state index contributed by atoms with van der Waals surface area (Å²) >= 11 is 0. The second kappa shape index (κ2) is 5.26. The summed E-state index contributed by atoms with van der Waals surface area (Å²) in [5, 5.41) is 3.79. The van der Waals surface area contributed by atoms with Gasteiger partial charge in [0.05, 0.1) is 17.1 Å². The molecule has 0 aliphatic heterocycles. The maximum Gasteiger partial charge on any atom is 0.243 e. The Hall–Kier alpha value is -1.86. The molecule has 0 spiro atoms. The molecule has 1 heterocycles. The molecule has 6 nitrogen and oxygen atoms in total. The number of nitrogens with two attached hydrogens (primary N) is 1. The Bertz CT molecular complexity index is 722. The first-order valence-corrected chi connectivity index (χ1v) is 7.49. The lowest BCUT2D eigenvalue weighted by molar-refractivity contribution is 0.378. The van der Waals surface area contributed by atoms with Crippen molar-refractivity contribution in [3.8, 4) is 0 Å². The van der Waals surface area contributed by atoms with Crippen LogP contribution in [0.25, 0.3) is 0 Å². The van der Waals surface area contributed by atoms with E-state index in [1.54, 1.807) is 25.1 Å². The summed E-state index contributed by atoms with van der Waals surface area (Å²) in [6, 6.07) is 6.41. The predicted molar refractivity (Wildman–Crippen MR) is 75.5 cm³/mol. The lowest BCUT2D eigenvalue weighted by Crippen LogP contribution is -2.26. The van der Waals surface area contributed by atoms with Crippen LogP contribution in [0.2, 0.25) is 0 Å². The van der Waals surface area contributed by atoms with Crippen molar-refractivity contribution in [3.63, 3.8) is 0 Å². The Morgan fingerprint density at radius 1 is 1.30 bits per heavy atom. The fraction of sp³-hybridized carbons (Fsp3) is 0.308. The topological polar surface area (TPSA) is 89.4 Å². The van der Waals surface area contributed by atoms with E-state index in [4.69, 9.17) is 10.3 Å². The van der Waals surface area contributed by atoms with Crippen LogP contribution in [-0.4, -0.2) is 24.9 Å². The minimum atomic E-state index is -3.60. The van der Waals surface area contributed by atoms with Gasteiger partial charge in [-0.2, -0.15) is 4.31 Å². The van der Waals surface area contributed by atoms with Gasteiger partial charge in [-0.15, -0.1) is 0 Å². The summed E-state index contributed by atoms with van der Waals surface area (Å²) in [5.74, 6) is 0.644. The fourth-order valence-corrected chi connectivity index (χ4v) is 2.94. The molecule has 2 aromatic rings. The van der Waals surface area contributed by atoms with Gasteiger partial charge in [-0.3, -0.25) is 0 Å². The van der Waals surface area contributed by atoms with Gasteiger partial charge in [-0.05, 0) is 31.5 Å². The van der Waals surface area contributed by atoms with Gasteiger partial charge in [-0.1, -0.05) is 11.2 Å². The SMILES string of the molecule is Cc1cc(CN(C)S(=O)(=O)c2ccc(C)c(N)c2)no1. The highest BCUT2D eigenvalue weighted by Gasteiger charge is 2.22. The first kappa shape index (κ1) is 14.5. The Morgan fingerprint density at radius 3 is 2.55 bits per heavy atom. The first-order valence-electron chi connectivity index (χ1n) is 6.05. The van der Waals surface area contributed by atoms with Crippen LogP contribution < -0.4 is 5.73 Å². The third-order valence-electron chi connectivity index (χ3n) is 3.02. The van der Waals surface area contributed by atoms with E-state index in [1.807, 2.05) is 6.92 Å². The maximum atomic E-state index is 12.4. The third kappa shape index (κ3) is 2.83. The van der Waals surface area contributed by atoms with E-state index in [0.717, 1.165) is 5.56 Å². The van der Waals surface area contributed by atoms with Crippen molar-refractivity contribution in [2.24, 2.45) is 0 Å². The molecular weight excluding hydrogens is 278 g/mol. The summed E-state index contributed by atoms with van der Waals surface area (Å²) in [7, 11) is -2.10. The molecule has 20 heavy (non-hydrogen) atoms. The fourth-order valence-electron chi connectivity index (χ4n) is 1.76. The molecule has 0 saturated carbocycles. The number of nitrogen functional groups attached to an aromatic ring is 1. The number of aromatic nitrogens is 1. The molecule has 108 valence electrons. The summed E-state index contributed by atoms with van der Waals surface area (Å²) < 4.78 is 31.0. The van der Waals surface area contributed by atoms with Crippen LogP contribution in [0, 0.1) is 13.8 Å². The monoisotopic (exact) mass is 295 g/mol. The largest absolute Gasteiger partial charge is 0.398 e. The number of sulfonamides is 1. The van der Waals surface area contributed by atoms with Crippen LogP contribution in [-0.2, 0) is 16.6 Å². The van der Waals surface area contributed by atoms with Crippen molar-refractivity contribution >= 4 is 15.7 Å². The molecule has 0 aliphatic carbocycles. The predicted octanol–water partition coefficient (Wildman–Crippen LogP) is 1.69. The van der Waals surface area contributed by atoms with Crippen LogP contribution in [0.4, 0.5) is 5.69 Å². The van der Waals surface area contributed by atoms with E-state index in [0.29, 0.717) is 17.1 Å². The standard InChI is InChI=1S/C13H17N3O3S/c1-9-4-5-12(7-13(9)14)20(17,18)16(3)8-11-6-10(2)19-15-11/h4-7H,8,14H2,1-3H3. The lowest BCUT2D eigenvalue weighted by atomic mass is 10.2. The Balaban J connectivity index is 2.27. The average molecular weight is 295 g/mol. The molecule has 0 unspecified atom stereocenters. The molecule has 2 rings (SSSR count). The van der Waals surface area contributed by atoms with Crippen LogP contribution in [0.5, 0.6) is 0 Å². The molecule has 0 fully saturated rings. The highest BCUT2D eigenvalue weighted by molar-refractivity contribution is 7.89. The number of nitrogens with zero attached hydrogens (tertiary/aromatic N) is 2. The minimum Gasteiger partial charge on any atom is -0.398 e. The molecule has 0 aliphatic rings. The van der Waals surface area contributed by atoms with Gasteiger partial charge in [0.25, 0.3) is 0 Å². The van der Waals surface area contributed by atoms with Gasteiger partial charge in [0.2, 0.25) is 10.0 Å². The molecule has 0 saturated heterocycles. The Morgan fingerprint density at radius 2 is 2.00 bits per heavy atom. The first-order chi connectivity index (χ1) is 9.30. The molecule has 0 bridgehead atoms. The van der Waals surface area contributed by atoms with Crippen molar-refractivity contribution in [1.29, 1.82) is 0 Å². The molecular formula is C13H17N3O3S. The third-order valence-corrected chi connectivity index (χ3v) is 4.82. The van der Waals surface area contributed by atoms with Gasteiger partial charge < -0.3 is 10.3 Å². The number of hydrogen-bond acceptors (Lipinski definition) is 5. The number of aryl methyl sites for hydroxylation is 2. The van der Waals surface area contributed by atoms with Crippen LogP contribution in [0.3, 0.4) is 0 Å². The number of benzene rings is 1. The molecule has 0 atom stereocenters. The molecule has 2 N–H and O–H groups in total. The maximum absolute atomic E-state index is 12.4. The molecule has 0 amide bonds. The molecule has 7 heteroatoms. The lowest BCUT2D eigenvalue weighted by Gasteiger charge is -2.16. The van der Waals surface area contributed by atoms with Crippen molar-refractivity contribution in [3.05, 3.63) is 41.3 Å². The van der Waals surface area contributed by atoms with Gasteiger partial charge in [0.15, 0.2) is 0 Å². The van der Waals surface area contributed by atoms with E-state index in [2.05, 4.69) is 5.16 Å². The van der Waals surface area contributed by atoms with E-state index >= 15 is 0 Å². The van der Waals surface area contributed by atoms with Crippen molar-refractivity contribution < 1.29 is 12.9 Å². The Labute approximate surface area is 118 Å². The highest BCUT2D eigenvalue weighted by Crippen LogP contribution is 2.21. The zero-order valence-electron chi connectivity index (χ0n) is 11.6. The average Bonchev–Trinajstić information content (AvgIpc) is 2.78. The van der Waals surface area contributed by atoms with Crippen LogP contribution in [0.1, 0.15) is 17.0 Å². The van der Waals surface area contributed by atoms with E-state index in [-0.39, 0.29) is 11.4 Å². The van der Waals surface area contributed by atoms with Crippen LogP contribution in [0.15, 0.2) is 33.7 Å². The number of rotatable bonds is 4. The van der Waals surface area contributed by atoms with Crippen LogP contribution >= 0.6 is 0 Å². The van der Waals surface area contributed by atoms with Gasteiger partial charge >= 0.3 is 0 Å². The summed E-state index contributed by atoms with van der Waals surface area (Å²) in [6.07, 6.45) is 0. The summed E-state index contributed by atoms with van der Waals surface area (Å²) in [4.78, 5) is 0.170. The smallest absolute Gasteiger partial charge is 0.243 e. The second-order valence-electron chi connectivity index (χ2n) is 4.71. The Kier molecular flexibility index (Phi) is 3.82. The minimum absolute atomic E-state index is 0.146. The molecule has 1 aromatic heterocycles. The summed E-state index contributed by atoms with van der Waals surface area (Å²) in [5.41, 5.74) is 7.63. The van der Waals surface area contributed by atoms with Gasteiger partial charge in [0.1, 0.15) is 5.76 Å². The second-order valence-corrected chi connectivity index (χ2v) is 6.75. The number of anilines is 1.